The predicted octanol–water partition coefficient (Wildman–Crippen LogP) is 3.83. The van der Waals surface area contributed by atoms with Crippen LogP contribution < -0.4 is 5.32 Å². The number of benzene rings is 1. The Morgan fingerprint density at radius 1 is 1.27 bits per heavy atom. The Bertz CT molecular complexity index is 293. The van der Waals surface area contributed by atoms with E-state index in [1.807, 2.05) is 0 Å². The quantitative estimate of drug-likeness (QED) is 0.770. The molecule has 1 rings (SSSR count). The van der Waals surface area contributed by atoms with Crippen molar-refractivity contribution in [3.05, 3.63) is 35.4 Å². The van der Waals surface area contributed by atoms with Gasteiger partial charge in [-0.2, -0.15) is 0 Å². The molecular formula is C14H23N. The molecule has 0 bridgehead atoms. The summed E-state index contributed by atoms with van der Waals surface area (Å²) in [5.74, 6) is 0. The van der Waals surface area contributed by atoms with Crippen LogP contribution in [0.1, 0.15) is 50.8 Å². The van der Waals surface area contributed by atoms with Gasteiger partial charge in [-0.15, -0.1) is 0 Å². The molecule has 0 aliphatic heterocycles. The van der Waals surface area contributed by atoms with Crippen LogP contribution >= 0.6 is 0 Å². The fourth-order valence-corrected chi connectivity index (χ4v) is 1.98. The van der Waals surface area contributed by atoms with Crippen molar-refractivity contribution in [1.82, 2.24) is 5.32 Å². The second kappa shape index (κ2) is 5.92. The summed E-state index contributed by atoms with van der Waals surface area (Å²) in [6.07, 6.45) is 2.49. The average Bonchev–Trinajstić information content (AvgIpc) is 2.18. The lowest BCUT2D eigenvalue weighted by atomic mass is 10.0. The van der Waals surface area contributed by atoms with Crippen molar-refractivity contribution in [2.45, 2.75) is 52.6 Å². The summed E-state index contributed by atoms with van der Waals surface area (Å²) in [6, 6.07) is 9.79. The van der Waals surface area contributed by atoms with Gasteiger partial charge in [0.2, 0.25) is 0 Å². The molecular weight excluding hydrogens is 182 g/mol. The average molecular weight is 205 g/mol. The van der Waals surface area contributed by atoms with E-state index in [4.69, 9.17) is 0 Å². The third-order valence-corrected chi connectivity index (χ3v) is 2.80. The highest BCUT2D eigenvalue weighted by atomic mass is 14.9. The maximum Gasteiger partial charge on any atom is 0.0294 e. The van der Waals surface area contributed by atoms with Gasteiger partial charge in [0.05, 0.1) is 0 Å². The summed E-state index contributed by atoms with van der Waals surface area (Å²) >= 11 is 0. The van der Waals surface area contributed by atoms with Gasteiger partial charge < -0.3 is 5.32 Å². The molecule has 0 aliphatic carbocycles. The monoisotopic (exact) mass is 205 g/mol. The summed E-state index contributed by atoms with van der Waals surface area (Å²) in [5.41, 5.74) is 2.72. The van der Waals surface area contributed by atoms with Crippen LogP contribution in [0.3, 0.4) is 0 Å². The molecule has 0 amide bonds. The third-order valence-electron chi connectivity index (χ3n) is 2.80. The topological polar surface area (TPSA) is 12.0 Å². The highest BCUT2D eigenvalue weighted by Gasteiger charge is 2.08. The first-order chi connectivity index (χ1) is 7.13. The molecule has 0 fully saturated rings. The van der Waals surface area contributed by atoms with Crippen LogP contribution in [0.4, 0.5) is 0 Å². The lowest BCUT2D eigenvalue weighted by molar-refractivity contribution is 0.452. The standard InChI is InChI=1S/C14H23N/c1-5-7-12(3)15-13(4)14-9-6-8-11(2)10-14/h6,8-10,12-13,15H,5,7H2,1-4H3/t12?,13-/m1/s1. The van der Waals surface area contributed by atoms with Gasteiger partial charge in [0.15, 0.2) is 0 Å². The zero-order chi connectivity index (χ0) is 11.3. The maximum absolute atomic E-state index is 3.62. The first kappa shape index (κ1) is 12.3. The molecule has 1 N–H and O–H groups in total. The Kier molecular flexibility index (Phi) is 4.83. The molecule has 0 heterocycles. The summed E-state index contributed by atoms with van der Waals surface area (Å²) in [7, 11) is 0. The molecule has 1 nitrogen and oxygen atoms in total. The Labute approximate surface area is 93.9 Å². The minimum absolute atomic E-state index is 0.450. The van der Waals surface area contributed by atoms with E-state index in [1.165, 1.54) is 24.0 Å². The lowest BCUT2D eigenvalue weighted by Gasteiger charge is -2.20. The molecule has 0 aromatic heterocycles. The molecule has 15 heavy (non-hydrogen) atoms. The van der Waals surface area contributed by atoms with Crippen LogP contribution in [-0.4, -0.2) is 6.04 Å². The van der Waals surface area contributed by atoms with Crippen LogP contribution in [0, 0.1) is 6.92 Å². The molecule has 2 atom stereocenters. The van der Waals surface area contributed by atoms with Gasteiger partial charge in [-0.25, -0.2) is 0 Å². The molecule has 0 radical (unpaired) electrons. The normalized spacial score (nSPS) is 14.9. The fourth-order valence-electron chi connectivity index (χ4n) is 1.98. The maximum atomic E-state index is 3.62. The van der Waals surface area contributed by atoms with E-state index in [0.717, 1.165) is 0 Å². The van der Waals surface area contributed by atoms with Crippen LogP contribution in [-0.2, 0) is 0 Å². The summed E-state index contributed by atoms with van der Waals surface area (Å²) in [6.45, 7) is 8.87. The zero-order valence-corrected chi connectivity index (χ0v) is 10.4. The molecule has 0 saturated heterocycles. The predicted molar refractivity (Wildman–Crippen MR) is 67.1 cm³/mol. The second-order valence-electron chi connectivity index (χ2n) is 4.49. The third kappa shape index (κ3) is 4.05. The Morgan fingerprint density at radius 3 is 2.60 bits per heavy atom. The molecule has 1 unspecified atom stereocenters. The SMILES string of the molecule is CCCC(C)N[C@H](C)c1cccc(C)c1. The van der Waals surface area contributed by atoms with Crippen LogP contribution in [0.2, 0.25) is 0 Å². The molecule has 1 aromatic carbocycles. The highest BCUT2D eigenvalue weighted by molar-refractivity contribution is 5.24. The molecule has 0 aliphatic rings. The first-order valence-electron chi connectivity index (χ1n) is 5.96. The second-order valence-corrected chi connectivity index (χ2v) is 4.49. The van der Waals surface area contributed by atoms with Crippen molar-refractivity contribution in [3.63, 3.8) is 0 Å². The first-order valence-corrected chi connectivity index (χ1v) is 5.96. The number of hydrogen-bond acceptors (Lipinski definition) is 1. The van der Waals surface area contributed by atoms with Gasteiger partial charge in [-0.05, 0) is 32.8 Å². The van der Waals surface area contributed by atoms with Gasteiger partial charge in [-0.1, -0.05) is 43.2 Å². The molecule has 0 saturated carbocycles. The van der Waals surface area contributed by atoms with E-state index in [9.17, 15) is 0 Å². The molecule has 1 heteroatoms. The minimum atomic E-state index is 0.450. The lowest BCUT2D eigenvalue weighted by Crippen LogP contribution is -2.28. The number of aryl methyl sites for hydroxylation is 1. The summed E-state index contributed by atoms with van der Waals surface area (Å²) < 4.78 is 0. The van der Waals surface area contributed by atoms with E-state index in [2.05, 4.69) is 57.3 Å². The van der Waals surface area contributed by atoms with E-state index < -0.39 is 0 Å². The number of nitrogens with one attached hydrogen (secondary N) is 1. The smallest absolute Gasteiger partial charge is 0.0294 e. The Morgan fingerprint density at radius 2 is 2.00 bits per heavy atom. The number of rotatable bonds is 5. The zero-order valence-electron chi connectivity index (χ0n) is 10.4. The molecule has 0 spiro atoms. The Hall–Kier alpha value is -0.820. The van der Waals surface area contributed by atoms with Crippen molar-refractivity contribution >= 4 is 0 Å². The molecule has 84 valence electrons. The van der Waals surface area contributed by atoms with Crippen molar-refractivity contribution in [2.24, 2.45) is 0 Å². The Balaban J connectivity index is 2.56. The van der Waals surface area contributed by atoms with Gasteiger partial charge >= 0.3 is 0 Å². The van der Waals surface area contributed by atoms with Gasteiger partial charge in [0, 0.05) is 12.1 Å². The number of hydrogen-bond donors (Lipinski definition) is 1. The van der Waals surface area contributed by atoms with Gasteiger partial charge in [0.25, 0.3) is 0 Å². The highest BCUT2D eigenvalue weighted by Crippen LogP contribution is 2.15. The van der Waals surface area contributed by atoms with E-state index in [-0.39, 0.29) is 0 Å². The van der Waals surface area contributed by atoms with Crippen molar-refractivity contribution < 1.29 is 0 Å². The molecule has 1 aromatic rings. The van der Waals surface area contributed by atoms with Crippen LogP contribution in [0.15, 0.2) is 24.3 Å². The van der Waals surface area contributed by atoms with Gasteiger partial charge in [0.1, 0.15) is 0 Å². The fraction of sp³-hybridized carbons (Fsp3) is 0.571. The van der Waals surface area contributed by atoms with Crippen molar-refractivity contribution in [1.29, 1.82) is 0 Å². The van der Waals surface area contributed by atoms with Crippen molar-refractivity contribution in [3.8, 4) is 0 Å². The van der Waals surface area contributed by atoms with Crippen LogP contribution in [0.5, 0.6) is 0 Å². The minimum Gasteiger partial charge on any atom is -0.308 e. The summed E-state index contributed by atoms with van der Waals surface area (Å²) in [5, 5.41) is 3.62. The van der Waals surface area contributed by atoms with E-state index in [0.29, 0.717) is 12.1 Å². The summed E-state index contributed by atoms with van der Waals surface area (Å²) in [4.78, 5) is 0. The largest absolute Gasteiger partial charge is 0.308 e. The van der Waals surface area contributed by atoms with Crippen molar-refractivity contribution in [2.75, 3.05) is 0 Å². The van der Waals surface area contributed by atoms with E-state index >= 15 is 0 Å². The van der Waals surface area contributed by atoms with Gasteiger partial charge in [-0.3, -0.25) is 0 Å². The van der Waals surface area contributed by atoms with Crippen LogP contribution in [0.25, 0.3) is 0 Å². The van der Waals surface area contributed by atoms with E-state index in [1.54, 1.807) is 0 Å².